The molecule has 0 atom stereocenters. The number of hydrogen-bond acceptors (Lipinski definition) is 5. The fourth-order valence-corrected chi connectivity index (χ4v) is 3.37. The molecule has 112 valence electrons. The molecule has 0 saturated carbocycles. The Hall–Kier alpha value is -1.43. The van der Waals surface area contributed by atoms with Crippen LogP contribution in [0.1, 0.15) is 24.3 Å². The van der Waals surface area contributed by atoms with Gasteiger partial charge in [0.2, 0.25) is 0 Å². The quantitative estimate of drug-likeness (QED) is 0.919. The molecule has 5 heteroatoms. The Morgan fingerprint density at radius 1 is 1.19 bits per heavy atom. The van der Waals surface area contributed by atoms with Crippen LogP contribution in [0.4, 0.5) is 0 Å². The standard InChI is InChI=1S/C16H21N3OS/c1-20-14-7-5-13(6-8-14)15-11-17-16(21-15)12-18-19-9-3-2-4-10-19/h5-8,11,18H,2-4,9-10,12H2,1H3. The van der Waals surface area contributed by atoms with E-state index in [2.05, 4.69) is 27.6 Å². The molecule has 21 heavy (non-hydrogen) atoms. The Bertz CT molecular complexity index is 561. The van der Waals surface area contributed by atoms with Crippen LogP contribution in [-0.2, 0) is 6.54 Å². The van der Waals surface area contributed by atoms with Gasteiger partial charge in [0, 0.05) is 19.3 Å². The predicted molar refractivity (Wildman–Crippen MR) is 86.4 cm³/mol. The average molecular weight is 303 g/mol. The van der Waals surface area contributed by atoms with Crippen LogP contribution in [0.2, 0.25) is 0 Å². The highest BCUT2D eigenvalue weighted by molar-refractivity contribution is 7.15. The molecule has 1 N–H and O–H groups in total. The lowest BCUT2D eigenvalue weighted by molar-refractivity contribution is 0.151. The Balaban J connectivity index is 1.59. The molecule has 3 rings (SSSR count). The number of benzene rings is 1. The van der Waals surface area contributed by atoms with Gasteiger partial charge in [0.25, 0.3) is 0 Å². The second-order valence-corrected chi connectivity index (χ2v) is 6.34. The molecule has 0 unspecified atom stereocenters. The molecule has 0 radical (unpaired) electrons. The number of thiazole rings is 1. The molecule has 1 fully saturated rings. The van der Waals surface area contributed by atoms with E-state index in [0.29, 0.717) is 0 Å². The van der Waals surface area contributed by atoms with E-state index in [-0.39, 0.29) is 0 Å². The predicted octanol–water partition coefficient (Wildman–Crippen LogP) is 3.31. The summed E-state index contributed by atoms with van der Waals surface area (Å²) < 4.78 is 5.19. The Morgan fingerprint density at radius 2 is 1.95 bits per heavy atom. The fraction of sp³-hybridized carbons (Fsp3) is 0.438. The first-order valence-electron chi connectivity index (χ1n) is 7.43. The third-order valence-corrected chi connectivity index (χ3v) is 4.78. The molecule has 2 heterocycles. The van der Waals surface area contributed by atoms with E-state index in [0.717, 1.165) is 30.4 Å². The molecule has 0 amide bonds. The lowest BCUT2D eigenvalue weighted by Gasteiger charge is -2.26. The number of nitrogens with zero attached hydrogens (tertiary/aromatic N) is 2. The van der Waals surface area contributed by atoms with Crippen LogP contribution in [0.5, 0.6) is 5.75 Å². The van der Waals surface area contributed by atoms with Crippen LogP contribution in [0.3, 0.4) is 0 Å². The van der Waals surface area contributed by atoms with Crippen molar-refractivity contribution < 1.29 is 4.74 Å². The summed E-state index contributed by atoms with van der Waals surface area (Å²) in [7, 11) is 1.69. The molecule has 1 aromatic carbocycles. The second-order valence-electron chi connectivity index (χ2n) is 5.23. The zero-order valence-electron chi connectivity index (χ0n) is 12.3. The van der Waals surface area contributed by atoms with Crippen LogP contribution in [0.15, 0.2) is 30.5 Å². The summed E-state index contributed by atoms with van der Waals surface area (Å²) in [5.41, 5.74) is 4.67. The van der Waals surface area contributed by atoms with Crippen molar-refractivity contribution in [2.75, 3.05) is 20.2 Å². The molecule has 0 aliphatic carbocycles. The van der Waals surface area contributed by atoms with Crippen molar-refractivity contribution in [3.63, 3.8) is 0 Å². The summed E-state index contributed by atoms with van der Waals surface area (Å²) in [6.07, 6.45) is 5.90. The van der Waals surface area contributed by atoms with E-state index in [1.165, 1.54) is 29.7 Å². The Morgan fingerprint density at radius 3 is 2.67 bits per heavy atom. The number of ether oxygens (including phenoxy) is 1. The lowest BCUT2D eigenvalue weighted by Crippen LogP contribution is -2.41. The second kappa shape index (κ2) is 7.02. The number of piperidine rings is 1. The van der Waals surface area contributed by atoms with Crippen molar-refractivity contribution in [1.29, 1.82) is 0 Å². The van der Waals surface area contributed by atoms with Crippen molar-refractivity contribution in [3.05, 3.63) is 35.5 Å². The first kappa shape index (κ1) is 14.5. The molecular weight excluding hydrogens is 282 g/mol. The van der Waals surface area contributed by atoms with E-state index in [1.807, 2.05) is 18.3 Å². The van der Waals surface area contributed by atoms with E-state index in [9.17, 15) is 0 Å². The Kier molecular flexibility index (Phi) is 4.85. The number of hydrazine groups is 1. The van der Waals surface area contributed by atoms with Gasteiger partial charge < -0.3 is 4.74 Å². The highest BCUT2D eigenvalue weighted by Crippen LogP contribution is 2.27. The largest absolute Gasteiger partial charge is 0.497 e. The maximum atomic E-state index is 5.19. The zero-order valence-corrected chi connectivity index (χ0v) is 13.2. The summed E-state index contributed by atoms with van der Waals surface area (Å²) in [6.45, 7) is 3.12. The van der Waals surface area contributed by atoms with Crippen LogP contribution >= 0.6 is 11.3 Å². The minimum absolute atomic E-state index is 0.820. The highest BCUT2D eigenvalue weighted by Gasteiger charge is 2.10. The monoisotopic (exact) mass is 303 g/mol. The zero-order chi connectivity index (χ0) is 14.5. The first-order valence-corrected chi connectivity index (χ1v) is 8.24. The fourth-order valence-electron chi connectivity index (χ4n) is 2.51. The lowest BCUT2D eigenvalue weighted by atomic mass is 10.2. The third kappa shape index (κ3) is 3.81. The van der Waals surface area contributed by atoms with Crippen LogP contribution < -0.4 is 10.2 Å². The molecule has 1 aromatic heterocycles. The van der Waals surface area contributed by atoms with Crippen LogP contribution in [0.25, 0.3) is 10.4 Å². The number of rotatable bonds is 5. The maximum absolute atomic E-state index is 5.19. The molecule has 1 aliphatic rings. The third-order valence-electron chi connectivity index (χ3n) is 3.74. The van der Waals surface area contributed by atoms with Crippen LogP contribution in [-0.4, -0.2) is 30.2 Å². The van der Waals surface area contributed by atoms with Crippen molar-refractivity contribution in [1.82, 2.24) is 15.4 Å². The Labute approximate surface area is 129 Å². The highest BCUT2D eigenvalue weighted by atomic mass is 32.1. The topological polar surface area (TPSA) is 37.4 Å². The normalized spacial score (nSPS) is 16.0. The summed E-state index contributed by atoms with van der Waals surface area (Å²) in [6, 6.07) is 8.13. The van der Waals surface area contributed by atoms with Crippen LogP contribution in [0, 0.1) is 0 Å². The van der Waals surface area contributed by atoms with Crippen molar-refractivity contribution in [2.45, 2.75) is 25.8 Å². The molecule has 0 bridgehead atoms. The molecule has 0 spiro atoms. The van der Waals surface area contributed by atoms with Gasteiger partial charge >= 0.3 is 0 Å². The van der Waals surface area contributed by atoms with Gasteiger partial charge in [0.15, 0.2) is 0 Å². The maximum Gasteiger partial charge on any atom is 0.118 e. The van der Waals surface area contributed by atoms with Gasteiger partial charge in [-0.15, -0.1) is 11.3 Å². The van der Waals surface area contributed by atoms with E-state index < -0.39 is 0 Å². The first-order chi connectivity index (χ1) is 10.3. The summed E-state index contributed by atoms with van der Waals surface area (Å²) in [4.78, 5) is 5.72. The van der Waals surface area contributed by atoms with E-state index >= 15 is 0 Å². The summed E-state index contributed by atoms with van der Waals surface area (Å²) >= 11 is 1.75. The molecule has 1 aliphatic heterocycles. The summed E-state index contributed by atoms with van der Waals surface area (Å²) in [5.74, 6) is 0.884. The number of hydrogen-bond donors (Lipinski definition) is 1. The van der Waals surface area contributed by atoms with E-state index in [1.54, 1.807) is 18.4 Å². The van der Waals surface area contributed by atoms with Gasteiger partial charge in [-0.25, -0.2) is 15.4 Å². The minimum atomic E-state index is 0.820. The molecule has 1 saturated heterocycles. The van der Waals surface area contributed by atoms with Crippen molar-refractivity contribution >= 4 is 11.3 Å². The van der Waals surface area contributed by atoms with E-state index in [4.69, 9.17) is 4.74 Å². The van der Waals surface area contributed by atoms with Crippen molar-refractivity contribution in [3.8, 4) is 16.2 Å². The van der Waals surface area contributed by atoms with Gasteiger partial charge in [-0.2, -0.15) is 0 Å². The number of methoxy groups -OCH3 is 1. The number of aromatic nitrogens is 1. The minimum Gasteiger partial charge on any atom is -0.497 e. The molecule has 2 aromatic rings. The molecule has 4 nitrogen and oxygen atoms in total. The average Bonchev–Trinajstić information content (AvgIpc) is 3.03. The number of nitrogens with one attached hydrogen (secondary N) is 1. The smallest absolute Gasteiger partial charge is 0.118 e. The summed E-state index contributed by atoms with van der Waals surface area (Å²) in [5, 5.41) is 3.45. The van der Waals surface area contributed by atoms with Gasteiger partial charge in [-0.1, -0.05) is 6.42 Å². The van der Waals surface area contributed by atoms with Crippen molar-refractivity contribution in [2.24, 2.45) is 0 Å². The van der Waals surface area contributed by atoms with Gasteiger partial charge in [-0.3, -0.25) is 0 Å². The van der Waals surface area contributed by atoms with Gasteiger partial charge in [0.05, 0.1) is 18.5 Å². The van der Waals surface area contributed by atoms with Gasteiger partial charge in [0.1, 0.15) is 10.8 Å². The molecular formula is C16H21N3OS. The van der Waals surface area contributed by atoms with Gasteiger partial charge in [-0.05, 0) is 42.7 Å². The SMILES string of the molecule is COc1ccc(-c2cnc(CNN3CCCCC3)s2)cc1.